The molecule has 0 radical (unpaired) electrons. The van der Waals surface area contributed by atoms with Crippen molar-refractivity contribution in [2.24, 2.45) is 0 Å². The Morgan fingerprint density at radius 3 is 2.22 bits per heavy atom. The minimum atomic E-state index is 0.299. The van der Waals surface area contributed by atoms with Gasteiger partial charge in [-0.1, -0.05) is 30.3 Å². The first-order valence-corrected chi connectivity index (χ1v) is 5.87. The number of hydrogen-bond donors (Lipinski definition) is 1. The van der Waals surface area contributed by atoms with Crippen LogP contribution in [0.15, 0.2) is 72.9 Å². The molecule has 3 rings (SSSR count). The summed E-state index contributed by atoms with van der Waals surface area (Å²) in [6.07, 6.45) is 2.00. The lowest BCUT2D eigenvalue weighted by Crippen LogP contribution is -1.94. The van der Waals surface area contributed by atoms with Gasteiger partial charge in [0.2, 0.25) is 0 Å². The van der Waals surface area contributed by atoms with Crippen molar-refractivity contribution < 1.29 is 5.11 Å². The molecule has 0 aliphatic heterocycles. The van der Waals surface area contributed by atoms with E-state index >= 15 is 0 Å². The summed E-state index contributed by atoms with van der Waals surface area (Å²) < 4.78 is 2.06. The predicted molar refractivity (Wildman–Crippen MR) is 72.9 cm³/mol. The van der Waals surface area contributed by atoms with Gasteiger partial charge in [-0.25, -0.2) is 0 Å². The van der Waals surface area contributed by atoms with Gasteiger partial charge in [-0.15, -0.1) is 0 Å². The van der Waals surface area contributed by atoms with Crippen molar-refractivity contribution in [3.05, 3.63) is 72.9 Å². The van der Waals surface area contributed by atoms with Gasteiger partial charge < -0.3 is 9.67 Å². The van der Waals surface area contributed by atoms with Crippen molar-refractivity contribution >= 4 is 0 Å². The topological polar surface area (TPSA) is 25.2 Å². The van der Waals surface area contributed by atoms with E-state index in [0.717, 1.165) is 16.9 Å². The van der Waals surface area contributed by atoms with Gasteiger partial charge >= 0.3 is 0 Å². The van der Waals surface area contributed by atoms with Crippen LogP contribution in [0.1, 0.15) is 0 Å². The fraction of sp³-hybridized carbons (Fsp3) is 0. The number of aromatic nitrogens is 1. The molecule has 2 nitrogen and oxygen atoms in total. The molecule has 0 saturated heterocycles. The molecular formula is C16H13NO. The van der Waals surface area contributed by atoms with Gasteiger partial charge in [0, 0.05) is 17.4 Å². The third-order valence-corrected chi connectivity index (χ3v) is 2.96. The van der Waals surface area contributed by atoms with Crippen LogP contribution in [0.3, 0.4) is 0 Å². The molecule has 0 unspecified atom stereocenters. The average molecular weight is 235 g/mol. The van der Waals surface area contributed by atoms with E-state index in [2.05, 4.69) is 4.57 Å². The number of para-hydroxylation sites is 2. The molecule has 0 amide bonds. The molecule has 18 heavy (non-hydrogen) atoms. The number of nitrogens with zero attached hydrogens (tertiary/aromatic N) is 1. The molecule has 2 aromatic carbocycles. The van der Waals surface area contributed by atoms with Crippen LogP contribution < -0.4 is 0 Å². The van der Waals surface area contributed by atoms with E-state index in [-0.39, 0.29) is 0 Å². The van der Waals surface area contributed by atoms with E-state index in [1.165, 1.54) is 0 Å². The lowest BCUT2D eigenvalue weighted by Gasteiger charge is -2.10. The second-order valence-electron chi connectivity index (χ2n) is 4.12. The van der Waals surface area contributed by atoms with Crippen LogP contribution in [-0.4, -0.2) is 9.67 Å². The average Bonchev–Trinajstić information content (AvgIpc) is 2.89. The molecule has 0 saturated carbocycles. The summed E-state index contributed by atoms with van der Waals surface area (Å²) in [6.45, 7) is 0. The molecule has 0 spiro atoms. The molecule has 2 heteroatoms. The van der Waals surface area contributed by atoms with Crippen molar-refractivity contribution in [2.75, 3.05) is 0 Å². The largest absolute Gasteiger partial charge is 0.507 e. The minimum Gasteiger partial charge on any atom is -0.507 e. The first-order chi connectivity index (χ1) is 8.86. The monoisotopic (exact) mass is 235 g/mol. The number of aromatic hydroxyl groups is 1. The van der Waals surface area contributed by atoms with Crippen molar-refractivity contribution in [3.8, 4) is 22.7 Å². The molecule has 0 bridgehead atoms. The Labute approximate surface area is 106 Å². The van der Waals surface area contributed by atoms with E-state index in [1.807, 2.05) is 66.9 Å². The maximum Gasteiger partial charge on any atom is 0.124 e. The maximum absolute atomic E-state index is 9.94. The van der Waals surface area contributed by atoms with Crippen LogP contribution in [0.5, 0.6) is 5.75 Å². The van der Waals surface area contributed by atoms with E-state index in [4.69, 9.17) is 0 Å². The summed E-state index contributed by atoms with van der Waals surface area (Å²) in [4.78, 5) is 0. The Bertz CT molecular complexity index is 656. The minimum absolute atomic E-state index is 0.299. The zero-order chi connectivity index (χ0) is 12.4. The number of phenolic OH excluding ortho intramolecular Hbond substituents is 1. The van der Waals surface area contributed by atoms with E-state index < -0.39 is 0 Å². The first kappa shape index (κ1) is 10.7. The van der Waals surface area contributed by atoms with Crippen LogP contribution in [0.4, 0.5) is 0 Å². The van der Waals surface area contributed by atoms with Crippen molar-refractivity contribution in [1.29, 1.82) is 0 Å². The highest BCUT2D eigenvalue weighted by Gasteiger charge is 2.08. The van der Waals surface area contributed by atoms with Crippen LogP contribution in [-0.2, 0) is 0 Å². The number of hydrogen-bond acceptors (Lipinski definition) is 1. The van der Waals surface area contributed by atoms with Crippen molar-refractivity contribution in [1.82, 2.24) is 4.57 Å². The highest BCUT2D eigenvalue weighted by molar-refractivity contribution is 5.69. The number of phenols is 1. The summed E-state index contributed by atoms with van der Waals surface area (Å²) in [7, 11) is 0. The third kappa shape index (κ3) is 1.78. The Hall–Kier alpha value is -2.48. The Balaban J connectivity index is 2.16. The molecule has 0 aliphatic rings. The summed E-state index contributed by atoms with van der Waals surface area (Å²) in [5, 5.41) is 9.94. The van der Waals surface area contributed by atoms with Crippen molar-refractivity contribution in [2.45, 2.75) is 0 Å². The summed E-state index contributed by atoms with van der Waals surface area (Å²) in [6, 6.07) is 21.5. The van der Waals surface area contributed by atoms with Gasteiger partial charge in [0.15, 0.2) is 0 Å². The highest BCUT2D eigenvalue weighted by Crippen LogP contribution is 2.30. The van der Waals surface area contributed by atoms with E-state index in [9.17, 15) is 5.11 Å². The summed E-state index contributed by atoms with van der Waals surface area (Å²) >= 11 is 0. The van der Waals surface area contributed by atoms with Crippen LogP contribution in [0.25, 0.3) is 16.9 Å². The number of benzene rings is 2. The van der Waals surface area contributed by atoms with E-state index in [1.54, 1.807) is 6.07 Å². The number of rotatable bonds is 2. The third-order valence-electron chi connectivity index (χ3n) is 2.96. The molecule has 0 fully saturated rings. The van der Waals surface area contributed by atoms with Gasteiger partial charge in [-0.2, -0.15) is 0 Å². The van der Waals surface area contributed by atoms with Crippen LogP contribution in [0.2, 0.25) is 0 Å². The summed E-state index contributed by atoms with van der Waals surface area (Å²) in [5.74, 6) is 0.299. The van der Waals surface area contributed by atoms with Crippen molar-refractivity contribution in [3.63, 3.8) is 0 Å². The SMILES string of the molecule is Oc1ccccc1-c1cccn1-c1ccccc1. The molecule has 0 atom stereocenters. The molecular weight excluding hydrogens is 222 g/mol. The zero-order valence-electron chi connectivity index (χ0n) is 9.82. The quantitative estimate of drug-likeness (QED) is 0.717. The smallest absolute Gasteiger partial charge is 0.124 e. The van der Waals surface area contributed by atoms with E-state index in [0.29, 0.717) is 5.75 Å². The lowest BCUT2D eigenvalue weighted by molar-refractivity contribution is 0.477. The Kier molecular flexibility index (Phi) is 2.61. The van der Waals surface area contributed by atoms with Gasteiger partial charge in [0.1, 0.15) is 5.75 Å². The molecule has 1 N–H and O–H groups in total. The van der Waals surface area contributed by atoms with Gasteiger partial charge in [0.05, 0.1) is 5.69 Å². The summed E-state index contributed by atoms with van der Waals surface area (Å²) in [5.41, 5.74) is 2.91. The van der Waals surface area contributed by atoms with Gasteiger partial charge in [-0.3, -0.25) is 0 Å². The zero-order valence-corrected chi connectivity index (χ0v) is 9.82. The molecule has 1 heterocycles. The standard InChI is InChI=1S/C16H13NO/c18-16-11-5-4-9-14(16)15-10-6-12-17(15)13-7-2-1-3-8-13/h1-12,18H. The fourth-order valence-electron chi connectivity index (χ4n) is 2.10. The normalized spacial score (nSPS) is 10.4. The van der Waals surface area contributed by atoms with Crippen LogP contribution in [0, 0.1) is 0 Å². The Morgan fingerprint density at radius 2 is 1.44 bits per heavy atom. The highest BCUT2D eigenvalue weighted by atomic mass is 16.3. The molecule has 1 aromatic heterocycles. The first-order valence-electron chi connectivity index (χ1n) is 5.87. The van der Waals surface area contributed by atoms with Gasteiger partial charge in [-0.05, 0) is 36.4 Å². The second-order valence-corrected chi connectivity index (χ2v) is 4.12. The maximum atomic E-state index is 9.94. The molecule has 3 aromatic rings. The lowest BCUT2D eigenvalue weighted by atomic mass is 10.1. The molecule has 0 aliphatic carbocycles. The predicted octanol–water partition coefficient (Wildman–Crippen LogP) is 3.85. The van der Waals surface area contributed by atoms with Crippen LogP contribution >= 0.6 is 0 Å². The fourth-order valence-corrected chi connectivity index (χ4v) is 2.10. The Morgan fingerprint density at radius 1 is 0.722 bits per heavy atom. The second kappa shape index (κ2) is 4.41. The molecule has 88 valence electrons. The van der Waals surface area contributed by atoms with Gasteiger partial charge in [0.25, 0.3) is 0 Å².